The molecule has 3 unspecified atom stereocenters. The van der Waals surface area contributed by atoms with Crippen molar-refractivity contribution < 1.29 is 23.9 Å². The lowest BCUT2D eigenvalue weighted by Gasteiger charge is -2.58. The number of hydrogen-bond donors (Lipinski definition) is 3. The molecule has 8 nitrogen and oxygen atoms in total. The Morgan fingerprint density at radius 1 is 1.14 bits per heavy atom. The summed E-state index contributed by atoms with van der Waals surface area (Å²) in [5.41, 5.74) is 1.44. The molecule has 4 aliphatic carbocycles. The first kappa shape index (κ1) is 23.7. The number of aryl methyl sites for hydroxylation is 1. The third kappa shape index (κ3) is 3.95. The Balaban J connectivity index is 1.35. The molecule has 2 amide bonds. The van der Waals surface area contributed by atoms with E-state index < -0.39 is 29.1 Å². The normalized spacial score (nSPS) is 28.7. The van der Waals surface area contributed by atoms with Gasteiger partial charge in [0.05, 0.1) is 28.7 Å². The van der Waals surface area contributed by atoms with Gasteiger partial charge in [-0.3, -0.25) is 14.4 Å². The third-order valence-electron chi connectivity index (χ3n) is 8.39. The molecule has 4 bridgehead atoms. The number of carbonyl (C=O) groups is 3. The van der Waals surface area contributed by atoms with Crippen LogP contribution in [0.25, 0.3) is 0 Å². The molecule has 3 N–H and O–H groups in total. The summed E-state index contributed by atoms with van der Waals surface area (Å²) in [5, 5.41) is 16.5. The van der Waals surface area contributed by atoms with Gasteiger partial charge in [-0.25, -0.2) is 4.98 Å². The number of halogens is 1. The first-order valence-corrected chi connectivity index (χ1v) is 12.1. The predicted octanol–water partition coefficient (Wildman–Crippen LogP) is 2.98. The van der Waals surface area contributed by atoms with Crippen molar-refractivity contribution in [1.29, 1.82) is 0 Å². The number of nitrogens with zero attached hydrogens (tertiary/aromatic N) is 2. The van der Waals surface area contributed by atoms with Crippen LogP contribution in [-0.2, 0) is 11.8 Å². The Morgan fingerprint density at radius 3 is 2.40 bits per heavy atom. The highest BCUT2D eigenvalue weighted by Crippen LogP contribution is 2.55. The summed E-state index contributed by atoms with van der Waals surface area (Å²) in [7, 11) is 1.65. The van der Waals surface area contributed by atoms with Crippen LogP contribution in [0.3, 0.4) is 0 Å². The topological polar surface area (TPSA) is 113 Å². The number of carbonyl (C=O) groups excluding carboxylic acids is 3. The van der Waals surface area contributed by atoms with Crippen LogP contribution in [0.1, 0.15) is 69.8 Å². The van der Waals surface area contributed by atoms with E-state index in [0.29, 0.717) is 46.8 Å². The number of anilines is 1. The number of nitrogens with one attached hydrogen (secondary N) is 2. The zero-order chi connectivity index (χ0) is 25.2. The van der Waals surface area contributed by atoms with Gasteiger partial charge in [-0.15, -0.1) is 0 Å². The molecule has 9 heteroatoms. The van der Waals surface area contributed by atoms with Crippen LogP contribution in [0.2, 0.25) is 0 Å². The quantitative estimate of drug-likeness (QED) is 0.345. The van der Waals surface area contributed by atoms with Gasteiger partial charge in [0.1, 0.15) is 0 Å². The fraction of sp³-hybridized carbons (Fsp3) is 0.538. The number of pyridine rings is 1. The smallest absolute Gasteiger partial charge is 0.294 e. The van der Waals surface area contributed by atoms with E-state index in [1.54, 1.807) is 32.4 Å². The van der Waals surface area contributed by atoms with Crippen molar-refractivity contribution in [3.63, 3.8) is 0 Å². The van der Waals surface area contributed by atoms with Crippen LogP contribution in [-0.4, -0.2) is 43.9 Å². The third-order valence-corrected chi connectivity index (χ3v) is 8.39. The molecule has 2 aromatic rings. The predicted molar refractivity (Wildman–Crippen MR) is 127 cm³/mol. The molecule has 6 rings (SSSR count). The summed E-state index contributed by atoms with van der Waals surface area (Å²) in [6, 6.07) is 1.37. The maximum atomic E-state index is 13.5. The van der Waals surface area contributed by atoms with Crippen molar-refractivity contribution in [3.8, 4) is 0 Å². The molecule has 2 aromatic heterocycles. The van der Waals surface area contributed by atoms with Crippen molar-refractivity contribution in [2.24, 2.45) is 24.8 Å². The lowest BCUT2D eigenvalue weighted by molar-refractivity contribution is -0.144. The Hall–Kier alpha value is -3.07. The molecule has 4 fully saturated rings. The average molecular weight is 483 g/mol. The van der Waals surface area contributed by atoms with Crippen LogP contribution >= 0.6 is 0 Å². The summed E-state index contributed by atoms with van der Waals surface area (Å²) in [5.74, 6) is -1.55. The molecule has 2 heterocycles. The minimum absolute atomic E-state index is 0.109. The number of rotatable bonds is 5. The maximum absolute atomic E-state index is 13.5. The molecule has 5 atom stereocenters. The Labute approximate surface area is 203 Å². The van der Waals surface area contributed by atoms with Gasteiger partial charge in [-0.1, -0.05) is 0 Å². The van der Waals surface area contributed by atoms with Gasteiger partial charge >= 0.3 is 0 Å². The van der Waals surface area contributed by atoms with E-state index in [4.69, 9.17) is 0 Å². The second kappa shape index (κ2) is 8.26. The molecule has 35 heavy (non-hydrogen) atoms. The SMILES string of the molecule is Cc1cc(NC(=O)c2c(C)c(C(=O)C(=O)NC3[C@@H]4CC5C[C@H]3CC(O)(C5)C4)n(C)c2C)cnc1F. The number of aliphatic hydroxyl groups is 1. The first-order chi connectivity index (χ1) is 16.5. The first-order valence-electron chi connectivity index (χ1n) is 12.1. The van der Waals surface area contributed by atoms with Gasteiger partial charge in [0.15, 0.2) is 0 Å². The molecule has 4 saturated carbocycles. The molecular formula is C26H31FN4O4. The highest BCUT2D eigenvalue weighted by molar-refractivity contribution is 6.43. The van der Waals surface area contributed by atoms with Crippen LogP contribution in [0.5, 0.6) is 0 Å². The minimum atomic E-state index is -0.682. The van der Waals surface area contributed by atoms with Crippen molar-refractivity contribution in [2.45, 2.75) is 64.5 Å². The average Bonchev–Trinajstić information content (AvgIpc) is 2.99. The number of aromatic nitrogens is 2. The lowest BCUT2D eigenvalue weighted by Crippen LogP contribution is -2.62. The van der Waals surface area contributed by atoms with E-state index in [9.17, 15) is 23.9 Å². The fourth-order valence-electron chi connectivity index (χ4n) is 7.00. The molecule has 0 aromatic carbocycles. The van der Waals surface area contributed by atoms with Gasteiger partial charge in [0.2, 0.25) is 5.95 Å². The van der Waals surface area contributed by atoms with Gasteiger partial charge in [0.25, 0.3) is 17.6 Å². The molecule has 0 saturated heterocycles. The number of Topliss-reactive ketones (excluding diaryl/α,β-unsaturated/α-hetero) is 1. The highest BCUT2D eigenvalue weighted by atomic mass is 19.1. The van der Waals surface area contributed by atoms with Gasteiger partial charge < -0.3 is 20.3 Å². The largest absolute Gasteiger partial charge is 0.390 e. The monoisotopic (exact) mass is 482 g/mol. The summed E-state index contributed by atoms with van der Waals surface area (Å²) in [6.45, 7) is 4.91. The van der Waals surface area contributed by atoms with Crippen molar-refractivity contribution >= 4 is 23.3 Å². The number of ketones is 1. The second-order valence-electron chi connectivity index (χ2n) is 10.8. The van der Waals surface area contributed by atoms with E-state index in [0.717, 1.165) is 19.3 Å². The minimum Gasteiger partial charge on any atom is -0.390 e. The maximum Gasteiger partial charge on any atom is 0.294 e. The summed E-state index contributed by atoms with van der Waals surface area (Å²) < 4.78 is 15.0. The number of amides is 2. The van der Waals surface area contributed by atoms with Gasteiger partial charge in [0, 0.05) is 24.3 Å². The van der Waals surface area contributed by atoms with E-state index in [1.165, 1.54) is 12.3 Å². The summed E-state index contributed by atoms with van der Waals surface area (Å²) in [6.07, 6.45) is 5.37. The summed E-state index contributed by atoms with van der Waals surface area (Å²) >= 11 is 0. The number of hydrogen-bond acceptors (Lipinski definition) is 5. The standard InChI is InChI=1S/C26H31FN4O4/c1-12-5-18(11-28-23(12)27)29-24(33)19-13(2)21(31(4)14(19)3)22(32)25(34)30-20-16-6-15-7-17(20)10-26(35,8-15)9-16/h5,11,15-17,20,35H,6-10H2,1-4H3,(H,29,33)(H,30,34)/t15?,16-,17+,20?,26?. The van der Waals surface area contributed by atoms with E-state index in [2.05, 4.69) is 15.6 Å². The van der Waals surface area contributed by atoms with Crippen molar-refractivity contribution in [2.75, 3.05) is 5.32 Å². The van der Waals surface area contributed by atoms with Crippen LogP contribution < -0.4 is 10.6 Å². The summed E-state index contributed by atoms with van der Waals surface area (Å²) in [4.78, 5) is 43.0. The van der Waals surface area contributed by atoms with Gasteiger partial charge in [-0.05, 0) is 82.3 Å². The van der Waals surface area contributed by atoms with E-state index >= 15 is 0 Å². The van der Waals surface area contributed by atoms with E-state index in [1.807, 2.05) is 0 Å². The Bertz CT molecular complexity index is 1240. The molecular weight excluding hydrogens is 451 g/mol. The molecule has 186 valence electrons. The van der Waals surface area contributed by atoms with Crippen LogP contribution in [0, 0.1) is 44.5 Å². The zero-order valence-corrected chi connectivity index (χ0v) is 20.4. The zero-order valence-electron chi connectivity index (χ0n) is 20.4. The molecule has 0 aliphatic heterocycles. The highest BCUT2D eigenvalue weighted by Gasteiger charge is 2.55. The van der Waals surface area contributed by atoms with Crippen molar-refractivity contribution in [1.82, 2.24) is 14.9 Å². The Kier molecular flexibility index (Phi) is 5.58. The lowest BCUT2D eigenvalue weighted by atomic mass is 9.52. The molecule has 0 radical (unpaired) electrons. The molecule has 4 aliphatic rings. The Morgan fingerprint density at radius 2 is 1.80 bits per heavy atom. The molecule has 0 spiro atoms. The second-order valence-corrected chi connectivity index (χ2v) is 10.8. The van der Waals surface area contributed by atoms with Crippen molar-refractivity contribution in [3.05, 3.63) is 46.3 Å². The van der Waals surface area contributed by atoms with E-state index in [-0.39, 0.29) is 23.6 Å². The van der Waals surface area contributed by atoms with Gasteiger partial charge in [-0.2, -0.15) is 4.39 Å². The fourth-order valence-corrected chi connectivity index (χ4v) is 7.00. The van der Waals surface area contributed by atoms with Crippen LogP contribution in [0.4, 0.5) is 10.1 Å². The van der Waals surface area contributed by atoms with Crippen LogP contribution in [0.15, 0.2) is 12.3 Å².